The summed E-state index contributed by atoms with van der Waals surface area (Å²) in [6.45, 7) is 0.337. The number of nitrogens with zero attached hydrogens (tertiary/aromatic N) is 3. The molecule has 0 aliphatic rings. The highest BCUT2D eigenvalue weighted by Gasteiger charge is 2.10. The predicted molar refractivity (Wildman–Crippen MR) is 111 cm³/mol. The second-order valence-electron chi connectivity index (χ2n) is 6.15. The van der Waals surface area contributed by atoms with Gasteiger partial charge in [0.15, 0.2) is 6.61 Å². The maximum Gasteiger partial charge on any atom is 0.331 e. The van der Waals surface area contributed by atoms with Crippen LogP contribution in [0, 0.1) is 0 Å². The first-order valence-corrected chi connectivity index (χ1v) is 10.0. The molecule has 7 nitrogen and oxygen atoms in total. The number of rotatable bonds is 8. The first-order valence-electron chi connectivity index (χ1n) is 9.09. The summed E-state index contributed by atoms with van der Waals surface area (Å²) in [5, 5.41) is 7.63. The summed E-state index contributed by atoms with van der Waals surface area (Å²) in [4.78, 5) is 20.3. The summed E-state index contributed by atoms with van der Waals surface area (Å²) in [5.41, 5.74) is 2.54. The molecule has 0 spiro atoms. The summed E-state index contributed by atoms with van der Waals surface area (Å²) in [5.74, 6) is 0.946. The zero-order chi connectivity index (χ0) is 20.6. The highest BCUT2D eigenvalue weighted by atomic mass is 32.1. The molecule has 0 aliphatic heterocycles. The second kappa shape index (κ2) is 9.62. The van der Waals surface area contributed by atoms with Gasteiger partial charge in [-0.2, -0.15) is 16.3 Å². The van der Waals surface area contributed by atoms with E-state index in [0.29, 0.717) is 18.3 Å². The third kappa shape index (κ3) is 5.39. The topological polar surface area (TPSA) is 87.3 Å². The lowest BCUT2D eigenvalue weighted by Gasteiger charge is -2.05. The van der Waals surface area contributed by atoms with Crippen LogP contribution in [0.4, 0.5) is 0 Å². The molecule has 0 aliphatic carbocycles. The SMILES string of the molecule is O=C(C=Cc1ccc(OCc2ccccn2)cc1)OCc1noc(-c2ccsc2)n1. The lowest BCUT2D eigenvalue weighted by molar-refractivity contribution is -0.139. The van der Waals surface area contributed by atoms with Gasteiger partial charge < -0.3 is 14.0 Å². The van der Waals surface area contributed by atoms with Gasteiger partial charge in [-0.3, -0.25) is 4.98 Å². The number of carbonyl (C=O) groups is 1. The number of carbonyl (C=O) groups excluding carboxylic acids is 1. The molecule has 4 rings (SSSR count). The lowest BCUT2D eigenvalue weighted by Crippen LogP contribution is -2.02. The molecule has 0 saturated heterocycles. The van der Waals surface area contributed by atoms with Gasteiger partial charge in [0.1, 0.15) is 12.4 Å². The van der Waals surface area contributed by atoms with E-state index in [2.05, 4.69) is 15.1 Å². The molecule has 0 fully saturated rings. The Morgan fingerprint density at radius 3 is 2.77 bits per heavy atom. The quantitative estimate of drug-likeness (QED) is 0.306. The molecule has 4 aromatic rings. The van der Waals surface area contributed by atoms with Crippen LogP contribution < -0.4 is 4.74 Å². The van der Waals surface area contributed by atoms with Gasteiger partial charge in [-0.15, -0.1) is 0 Å². The van der Waals surface area contributed by atoms with Crippen LogP contribution in [-0.2, 0) is 22.7 Å². The average molecular weight is 419 g/mol. The Bertz CT molecular complexity index is 1110. The van der Waals surface area contributed by atoms with Gasteiger partial charge in [-0.05, 0) is 47.4 Å². The fourth-order valence-electron chi connectivity index (χ4n) is 2.48. The van der Waals surface area contributed by atoms with E-state index in [0.717, 1.165) is 22.6 Å². The van der Waals surface area contributed by atoms with E-state index in [9.17, 15) is 4.79 Å². The molecule has 0 saturated carbocycles. The van der Waals surface area contributed by atoms with Gasteiger partial charge in [-0.1, -0.05) is 23.4 Å². The number of hydrogen-bond donors (Lipinski definition) is 0. The van der Waals surface area contributed by atoms with Crippen LogP contribution in [0.25, 0.3) is 17.5 Å². The van der Waals surface area contributed by atoms with Crippen molar-refractivity contribution in [2.45, 2.75) is 13.2 Å². The molecule has 1 aromatic carbocycles. The third-order valence-corrected chi connectivity index (χ3v) is 4.67. The van der Waals surface area contributed by atoms with Gasteiger partial charge >= 0.3 is 5.97 Å². The van der Waals surface area contributed by atoms with Crippen LogP contribution in [0.5, 0.6) is 5.75 Å². The molecule has 0 amide bonds. The van der Waals surface area contributed by atoms with Crippen molar-refractivity contribution in [1.82, 2.24) is 15.1 Å². The van der Waals surface area contributed by atoms with Crippen molar-refractivity contribution >= 4 is 23.4 Å². The minimum absolute atomic E-state index is 0.0584. The molecule has 150 valence electrons. The highest BCUT2D eigenvalue weighted by Crippen LogP contribution is 2.20. The largest absolute Gasteiger partial charge is 0.487 e. The van der Waals surface area contributed by atoms with Gasteiger partial charge in [0, 0.05) is 17.7 Å². The van der Waals surface area contributed by atoms with E-state index in [1.807, 2.05) is 59.3 Å². The monoisotopic (exact) mass is 419 g/mol. The maximum atomic E-state index is 11.9. The van der Waals surface area contributed by atoms with Crippen LogP contribution in [0.15, 0.2) is 76.1 Å². The van der Waals surface area contributed by atoms with Crippen LogP contribution in [0.1, 0.15) is 17.1 Å². The Morgan fingerprint density at radius 1 is 1.10 bits per heavy atom. The minimum Gasteiger partial charge on any atom is -0.487 e. The summed E-state index contributed by atoms with van der Waals surface area (Å²) in [6.07, 6.45) is 4.74. The zero-order valence-electron chi connectivity index (χ0n) is 15.8. The van der Waals surface area contributed by atoms with Gasteiger partial charge in [0.2, 0.25) is 5.82 Å². The standard InChI is InChI=1S/C22H17N3O4S/c26-21(28-14-20-24-22(29-25-20)17-10-12-30-15-17)9-6-16-4-7-19(8-5-16)27-13-18-3-1-2-11-23-18/h1-12,15H,13-14H2. The van der Waals surface area contributed by atoms with Gasteiger partial charge in [-0.25, -0.2) is 4.79 Å². The Labute approximate surface area is 176 Å². The molecule has 8 heteroatoms. The average Bonchev–Trinajstić information content (AvgIpc) is 3.48. The second-order valence-corrected chi connectivity index (χ2v) is 6.93. The first-order chi connectivity index (χ1) is 14.8. The molecule has 3 heterocycles. The van der Waals surface area contributed by atoms with E-state index in [-0.39, 0.29) is 6.61 Å². The molecule has 3 aromatic heterocycles. The van der Waals surface area contributed by atoms with Crippen molar-refractivity contribution in [2.24, 2.45) is 0 Å². The third-order valence-electron chi connectivity index (χ3n) is 3.98. The smallest absolute Gasteiger partial charge is 0.331 e. The molecule has 30 heavy (non-hydrogen) atoms. The van der Waals surface area contributed by atoms with Crippen LogP contribution >= 0.6 is 11.3 Å². The molecule has 0 N–H and O–H groups in total. The number of ether oxygens (including phenoxy) is 2. The molecule has 0 atom stereocenters. The number of benzene rings is 1. The van der Waals surface area contributed by atoms with Crippen molar-refractivity contribution < 1.29 is 18.8 Å². The number of aromatic nitrogens is 3. The molecular weight excluding hydrogens is 402 g/mol. The maximum absolute atomic E-state index is 11.9. The molecule has 0 unspecified atom stereocenters. The van der Waals surface area contributed by atoms with Crippen LogP contribution in [0.2, 0.25) is 0 Å². The van der Waals surface area contributed by atoms with Gasteiger partial charge in [0.25, 0.3) is 5.89 Å². The Balaban J connectivity index is 1.24. The molecular formula is C22H17N3O4S. The predicted octanol–water partition coefficient (Wildman–Crippen LogP) is 4.53. The Hall–Kier alpha value is -3.78. The fraction of sp³-hybridized carbons (Fsp3) is 0.0909. The van der Waals surface area contributed by atoms with Crippen molar-refractivity contribution in [3.05, 3.63) is 88.6 Å². The van der Waals surface area contributed by atoms with E-state index in [4.69, 9.17) is 14.0 Å². The first kappa shape index (κ1) is 19.5. The number of hydrogen-bond acceptors (Lipinski definition) is 8. The normalized spacial score (nSPS) is 10.9. The van der Waals surface area contributed by atoms with Crippen molar-refractivity contribution in [1.29, 1.82) is 0 Å². The van der Waals surface area contributed by atoms with Crippen molar-refractivity contribution in [3.63, 3.8) is 0 Å². The summed E-state index contributed by atoms with van der Waals surface area (Å²) in [7, 11) is 0. The lowest BCUT2D eigenvalue weighted by atomic mass is 10.2. The Morgan fingerprint density at radius 2 is 2.00 bits per heavy atom. The van der Waals surface area contributed by atoms with Gasteiger partial charge in [0.05, 0.1) is 11.3 Å². The number of pyridine rings is 1. The van der Waals surface area contributed by atoms with Crippen LogP contribution in [-0.4, -0.2) is 21.1 Å². The highest BCUT2D eigenvalue weighted by molar-refractivity contribution is 7.08. The Kier molecular flexibility index (Phi) is 6.26. The van der Waals surface area contributed by atoms with E-state index >= 15 is 0 Å². The fourth-order valence-corrected chi connectivity index (χ4v) is 3.11. The van der Waals surface area contributed by atoms with Crippen LogP contribution in [0.3, 0.4) is 0 Å². The summed E-state index contributed by atoms with van der Waals surface area (Å²) >= 11 is 1.54. The molecule has 0 radical (unpaired) electrons. The number of thiophene rings is 1. The van der Waals surface area contributed by atoms with E-state index in [1.165, 1.54) is 17.4 Å². The van der Waals surface area contributed by atoms with E-state index in [1.54, 1.807) is 12.3 Å². The zero-order valence-corrected chi connectivity index (χ0v) is 16.6. The minimum atomic E-state index is -0.493. The number of esters is 1. The molecule has 0 bridgehead atoms. The van der Waals surface area contributed by atoms with Crippen molar-refractivity contribution in [2.75, 3.05) is 0 Å². The summed E-state index contributed by atoms with van der Waals surface area (Å²) < 4.78 is 16.0. The summed E-state index contributed by atoms with van der Waals surface area (Å²) in [6, 6.07) is 14.9. The van der Waals surface area contributed by atoms with Crippen molar-refractivity contribution in [3.8, 4) is 17.2 Å². The van der Waals surface area contributed by atoms with E-state index < -0.39 is 5.97 Å².